The van der Waals surface area contributed by atoms with Crippen LogP contribution in [0.5, 0.6) is 5.88 Å². The minimum Gasteiger partial charge on any atom is -0.474 e. The lowest BCUT2D eigenvalue weighted by Crippen LogP contribution is -2.26. The van der Waals surface area contributed by atoms with Gasteiger partial charge in [-0.3, -0.25) is 0 Å². The second kappa shape index (κ2) is 6.06. The molecule has 2 aromatic rings. The van der Waals surface area contributed by atoms with Crippen LogP contribution in [0.1, 0.15) is 55.4 Å². The molecule has 0 bridgehead atoms. The van der Waals surface area contributed by atoms with Crippen LogP contribution in [0.4, 0.5) is 10.5 Å². The molecule has 0 radical (unpaired) electrons. The molecule has 0 spiro atoms. The Labute approximate surface area is 170 Å². The van der Waals surface area contributed by atoms with Crippen LogP contribution < -0.4 is 15.2 Å². The summed E-state index contributed by atoms with van der Waals surface area (Å²) < 4.78 is 24.2. The standard InChI is InChI=1S/C20H25N5O3S/c1-11-7-13-8-12-5-4-6-14(12)17(16(11)13)23-19(26)24-29(21,27)15-9-22-25-18(15)28-10-20(25,2)3/h8-9,11H,4-7,10H2,1-3H3,(H3,21,23,24,26,27)/t11-,29?/m1/s1. The molecule has 8 nitrogen and oxygen atoms in total. The van der Waals surface area contributed by atoms with Crippen molar-refractivity contribution < 1.29 is 13.7 Å². The predicted octanol–water partition coefficient (Wildman–Crippen LogP) is 3.09. The highest BCUT2D eigenvalue weighted by molar-refractivity contribution is 7.91. The smallest absolute Gasteiger partial charge is 0.354 e. The summed E-state index contributed by atoms with van der Waals surface area (Å²) in [6.07, 6.45) is 5.44. The number of aromatic nitrogens is 2. The number of carbonyl (C=O) groups is 1. The maximum atomic E-state index is 13.1. The number of anilines is 1. The van der Waals surface area contributed by atoms with Crippen molar-refractivity contribution in [2.45, 2.75) is 62.8 Å². The second-order valence-electron chi connectivity index (χ2n) is 8.84. The van der Waals surface area contributed by atoms with E-state index in [0.717, 1.165) is 31.4 Å². The zero-order valence-electron chi connectivity index (χ0n) is 16.8. The van der Waals surface area contributed by atoms with E-state index in [-0.39, 0.29) is 10.4 Å². The molecule has 2 atom stereocenters. The number of hydrogen-bond donors (Lipinski definition) is 2. The number of rotatable bonds is 2. The summed E-state index contributed by atoms with van der Waals surface area (Å²) in [5, 5.41) is 13.1. The number of hydrogen-bond acceptors (Lipinski definition) is 4. The number of nitrogens with zero attached hydrogens (tertiary/aromatic N) is 3. The average molecular weight is 416 g/mol. The number of urea groups is 1. The monoisotopic (exact) mass is 415 g/mol. The maximum absolute atomic E-state index is 13.1. The molecule has 1 aromatic heterocycles. The quantitative estimate of drug-likeness (QED) is 0.785. The van der Waals surface area contributed by atoms with E-state index in [0.29, 0.717) is 18.4 Å². The number of amides is 2. The first-order chi connectivity index (χ1) is 13.7. The van der Waals surface area contributed by atoms with Crippen molar-refractivity contribution in [2.75, 3.05) is 11.9 Å². The van der Waals surface area contributed by atoms with Crippen molar-refractivity contribution in [1.82, 2.24) is 9.78 Å². The number of aryl methyl sites for hydroxylation is 1. The molecule has 2 heterocycles. The number of fused-ring (bicyclic) bond motifs is 3. The Morgan fingerprint density at radius 2 is 2.21 bits per heavy atom. The zero-order valence-corrected chi connectivity index (χ0v) is 17.6. The van der Waals surface area contributed by atoms with E-state index in [1.807, 2.05) is 13.8 Å². The Bertz CT molecular complexity index is 1170. The van der Waals surface area contributed by atoms with Crippen LogP contribution in [0.2, 0.25) is 0 Å². The van der Waals surface area contributed by atoms with Crippen molar-refractivity contribution in [3.05, 3.63) is 34.5 Å². The highest BCUT2D eigenvalue weighted by atomic mass is 32.2. The van der Waals surface area contributed by atoms with Gasteiger partial charge in [0.25, 0.3) is 0 Å². The molecule has 3 aliphatic rings. The van der Waals surface area contributed by atoms with Crippen LogP contribution in [0, 0.1) is 0 Å². The molecule has 0 saturated carbocycles. The molecule has 1 unspecified atom stereocenters. The van der Waals surface area contributed by atoms with Crippen LogP contribution >= 0.6 is 0 Å². The lowest BCUT2D eigenvalue weighted by molar-refractivity contribution is 0.259. The van der Waals surface area contributed by atoms with Gasteiger partial charge in [0.2, 0.25) is 5.88 Å². The largest absolute Gasteiger partial charge is 0.474 e. The lowest BCUT2D eigenvalue weighted by Gasteiger charge is -2.31. The fourth-order valence-corrected chi connectivity index (χ4v) is 5.68. The van der Waals surface area contributed by atoms with Crippen molar-refractivity contribution in [2.24, 2.45) is 9.50 Å². The first kappa shape index (κ1) is 18.6. The van der Waals surface area contributed by atoms with Gasteiger partial charge in [0, 0.05) is 5.69 Å². The predicted molar refractivity (Wildman–Crippen MR) is 110 cm³/mol. The van der Waals surface area contributed by atoms with Gasteiger partial charge in [0.05, 0.1) is 11.7 Å². The molecule has 3 N–H and O–H groups in total. The molecule has 1 aromatic carbocycles. The summed E-state index contributed by atoms with van der Waals surface area (Å²) in [6, 6.07) is 1.57. The van der Waals surface area contributed by atoms with Gasteiger partial charge >= 0.3 is 6.03 Å². The van der Waals surface area contributed by atoms with Gasteiger partial charge in [-0.05, 0) is 67.7 Å². The summed E-state index contributed by atoms with van der Waals surface area (Å²) in [4.78, 5) is 12.9. The van der Waals surface area contributed by atoms with E-state index in [2.05, 4.69) is 27.8 Å². The molecule has 9 heteroatoms. The molecule has 5 rings (SSSR count). The Morgan fingerprint density at radius 3 is 2.97 bits per heavy atom. The van der Waals surface area contributed by atoms with Crippen LogP contribution in [0.15, 0.2) is 21.5 Å². The first-order valence-electron chi connectivity index (χ1n) is 9.92. The third-order valence-electron chi connectivity index (χ3n) is 6.14. The van der Waals surface area contributed by atoms with E-state index in [4.69, 9.17) is 9.88 Å². The van der Waals surface area contributed by atoms with E-state index in [1.54, 1.807) is 4.68 Å². The van der Waals surface area contributed by atoms with Gasteiger partial charge in [-0.2, -0.15) is 5.10 Å². The van der Waals surface area contributed by atoms with Crippen LogP contribution in [0.25, 0.3) is 0 Å². The normalized spacial score (nSPS) is 22.6. The Kier molecular flexibility index (Phi) is 3.89. The maximum Gasteiger partial charge on any atom is 0.354 e. The van der Waals surface area contributed by atoms with Gasteiger partial charge < -0.3 is 10.1 Å². The van der Waals surface area contributed by atoms with Gasteiger partial charge in [-0.15, -0.1) is 4.36 Å². The molecule has 0 fully saturated rings. The second-order valence-corrected chi connectivity index (χ2v) is 10.6. The Morgan fingerprint density at radius 1 is 1.41 bits per heavy atom. The van der Waals surface area contributed by atoms with Crippen molar-refractivity contribution >= 4 is 21.6 Å². The molecule has 1 aliphatic heterocycles. The van der Waals surface area contributed by atoms with Crippen LogP contribution in [-0.4, -0.2) is 26.6 Å². The fourth-order valence-electron chi connectivity index (χ4n) is 4.69. The molecule has 2 amide bonds. The summed E-state index contributed by atoms with van der Waals surface area (Å²) >= 11 is 0. The topological polar surface area (TPSA) is 112 Å². The highest BCUT2D eigenvalue weighted by Crippen LogP contribution is 2.45. The Hall–Kier alpha value is -2.39. The van der Waals surface area contributed by atoms with E-state index < -0.39 is 15.9 Å². The highest BCUT2D eigenvalue weighted by Gasteiger charge is 2.37. The van der Waals surface area contributed by atoms with Crippen LogP contribution in [-0.2, 0) is 34.7 Å². The average Bonchev–Trinajstić information content (AvgIpc) is 3.30. The van der Waals surface area contributed by atoms with Crippen molar-refractivity contribution in [3.8, 4) is 5.88 Å². The summed E-state index contributed by atoms with van der Waals surface area (Å²) in [5.74, 6) is 0.709. The zero-order chi connectivity index (χ0) is 20.6. The van der Waals surface area contributed by atoms with Gasteiger partial charge in [-0.1, -0.05) is 13.0 Å². The molecule has 29 heavy (non-hydrogen) atoms. The third kappa shape index (κ3) is 2.78. The van der Waals surface area contributed by atoms with E-state index in [1.165, 1.54) is 28.5 Å². The van der Waals surface area contributed by atoms with Crippen molar-refractivity contribution in [3.63, 3.8) is 0 Å². The summed E-state index contributed by atoms with van der Waals surface area (Å²) in [6.45, 7) is 6.46. The molecule has 154 valence electrons. The van der Waals surface area contributed by atoms with Gasteiger partial charge in [-0.25, -0.2) is 18.8 Å². The van der Waals surface area contributed by atoms with Gasteiger partial charge in [0.15, 0.2) is 9.92 Å². The minimum absolute atomic E-state index is 0.151. The number of carbonyl (C=O) groups excluding carboxylic acids is 1. The third-order valence-corrected chi connectivity index (χ3v) is 7.49. The number of ether oxygens (including phenoxy) is 1. The Balaban J connectivity index is 1.49. The fraction of sp³-hybridized carbons (Fsp3) is 0.500. The lowest BCUT2D eigenvalue weighted by atomic mass is 9.75. The van der Waals surface area contributed by atoms with Crippen molar-refractivity contribution in [1.29, 1.82) is 0 Å². The van der Waals surface area contributed by atoms with Crippen LogP contribution in [0.3, 0.4) is 0 Å². The van der Waals surface area contributed by atoms with E-state index in [9.17, 15) is 9.00 Å². The number of nitrogens with one attached hydrogen (secondary N) is 1. The molecular formula is C20H25N5O3S. The molecule has 2 aliphatic carbocycles. The molecule has 0 saturated heterocycles. The molecular weight excluding hydrogens is 390 g/mol. The summed E-state index contributed by atoms with van der Waals surface area (Å²) in [7, 11) is -3.49. The summed E-state index contributed by atoms with van der Waals surface area (Å²) in [5.41, 5.74) is 5.41. The number of nitrogens with two attached hydrogens (primary N) is 1. The van der Waals surface area contributed by atoms with E-state index >= 15 is 0 Å². The SMILES string of the molecule is C[C@@H]1Cc2cc3c(c(NC(=O)N=S(N)(=O)c4cnn5c4OCC5(C)C)c21)CCC3. The number of benzene rings is 1. The first-order valence-corrected chi connectivity index (χ1v) is 11.5. The van der Waals surface area contributed by atoms with Gasteiger partial charge in [0.1, 0.15) is 11.5 Å². The minimum atomic E-state index is -3.49.